The Balaban J connectivity index is 4.13. The van der Waals surface area contributed by atoms with Gasteiger partial charge in [-0.25, -0.2) is 12.7 Å². The molecule has 1 N–H and O–H groups in total. The Morgan fingerprint density at radius 3 is 2.14 bits per heavy atom. The highest BCUT2D eigenvalue weighted by atomic mass is 32.2. The topological polar surface area (TPSA) is 74.7 Å². The Hall–Kier alpha value is -0.620. The number of aliphatic carboxylic acids is 1. The van der Waals surface area contributed by atoms with E-state index in [1.54, 1.807) is 13.8 Å². The third-order valence-corrected chi connectivity index (χ3v) is 4.00. The zero-order valence-corrected chi connectivity index (χ0v) is 9.38. The van der Waals surface area contributed by atoms with Crippen molar-refractivity contribution in [3.63, 3.8) is 0 Å². The van der Waals surface area contributed by atoms with Crippen molar-refractivity contribution in [3.8, 4) is 0 Å². The maximum atomic E-state index is 11.5. The monoisotopic (exact) mass is 223 g/mol. The van der Waals surface area contributed by atoms with E-state index in [2.05, 4.69) is 0 Å². The number of hydrogen-bond acceptors (Lipinski definition) is 3. The Labute approximate surface area is 84.8 Å². The summed E-state index contributed by atoms with van der Waals surface area (Å²) in [5.74, 6) is -1.04. The van der Waals surface area contributed by atoms with E-state index in [1.165, 1.54) is 4.31 Å². The molecule has 0 fully saturated rings. The van der Waals surface area contributed by atoms with Crippen molar-refractivity contribution in [1.29, 1.82) is 0 Å². The third-order valence-electron chi connectivity index (χ3n) is 1.89. The van der Waals surface area contributed by atoms with Gasteiger partial charge in [-0.1, -0.05) is 13.8 Å². The van der Waals surface area contributed by atoms with Crippen LogP contribution in [0.1, 0.15) is 26.7 Å². The van der Waals surface area contributed by atoms with Gasteiger partial charge in [-0.3, -0.25) is 4.79 Å². The second-order valence-electron chi connectivity index (χ2n) is 2.90. The molecule has 0 unspecified atom stereocenters. The van der Waals surface area contributed by atoms with Gasteiger partial charge in [-0.15, -0.1) is 0 Å². The third kappa shape index (κ3) is 4.57. The van der Waals surface area contributed by atoms with E-state index in [0.29, 0.717) is 13.1 Å². The van der Waals surface area contributed by atoms with Crippen LogP contribution < -0.4 is 0 Å². The highest BCUT2D eigenvalue weighted by molar-refractivity contribution is 7.89. The lowest BCUT2D eigenvalue weighted by molar-refractivity contribution is -0.137. The minimum absolute atomic E-state index is 0.0824. The van der Waals surface area contributed by atoms with Gasteiger partial charge in [0.1, 0.15) is 0 Å². The summed E-state index contributed by atoms with van der Waals surface area (Å²) in [4.78, 5) is 10.2. The SMILES string of the molecule is CCN(CC)S(=O)(=O)CCCC(=O)O. The average Bonchev–Trinajstić information content (AvgIpc) is 2.04. The smallest absolute Gasteiger partial charge is 0.303 e. The molecule has 0 aromatic heterocycles. The summed E-state index contributed by atoms with van der Waals surface area (Å²) >= 11 is 0. The number of carbonyl (C=O) groups is 1. The van der Waals surface area contributed by atoms with Crippen LogP contribution in [-0.2, 0) is 14.8 Å². The number of sulfonamides is 1. The minimum Gasteiger partial charge on any atom is -0.481 e. The Morgan fingerprint density at radius 2 is 1.79 bits per heavy atom. The molecule has 0 spiro atoms. The van der Waals surface area contributed by atoms with Gasteiger partial charge in [-0.05, 0) is 6.42 Å². The summed E-state index contributed by atoms with van der Waals surface area (Å²) in [6.45, 7) is 4.40. The highest BCUT2D eigenvalue weighted by Gasteiger charge is 2.18. The molecule has 0 aromatic carbocycles. The van der Waals surface area contributed by atoms with E-state index < -0.39 is 16.0 Å². The van der Waals surface area contributed by atoms with Gasteiger partial charge < -0.3 is 5.11 Å². The van der Waals surface area contributed by atoms with Gasteiger partial charge in [-0.2, -0.15) is 0 Å². The molecule has 0 amide bonds. The second-order valence-corrected chi connectivity index (χ2v) is 4.99. The van der Waals surface area contributed by atoms with Crippen molar-refractivity contribution in [3.05, 3.63) is 0 Å². The lowest BCUT2D eigenvalue weighted by Crippen LogP contribution is -2.32. The minimum atomic E-state index is -3.25. The molecule has 0 heterocycles. The van der Waals surface area contributed by atoms with Gasteiger partial charge in [0.05, 0.1) is 5.75 Å². The molecule has 0 rings (SSSR count). The Morgan fingerprint density at radius 1 is 1.29 bits per heavy atom. The first-order valence-electron chi connectivity index (χ1n) is 4.63. The first-order valence-corrected chi connectivity index (χ1v) is 6.24. The summed E-state index contributed by atoms with van der Waals surface area (Å²) in [5, 5.41) is 8.35. The predicted molar refractivity (Wildman–Crippen MR) is 53.6 cm³/mol. The fraction of sp³-hybridized carbons (Fsp3) is 0.875. The molecule has 0 saturated heterocycles. The number of hydrogen-bond donors (Lipinski definition) is 1. The zero-order chi connectivity index (χ0) is 11.2. The summed E-state index contributed by atoms with van der Waals surface area (Å²) in [6, 6.07) is 0. The van der Waals surface area contributed by atoms with Crippen molar-refractivity contribution < 1.29 is 18.3 Å². The zero-order valence-electron chi connectivity index (χ0n) is 8.56. The first-order chi connectivity index (χ1) is 6.44. The molecular weight excluding hydrogens is 206 g/mol. The van der Waals surface area contributed by atoms with E-state index in [9.17, 15) is 13.2 Å². The number of carboxylic acid groups (broad SMARTS) is 1. The average molecular weight is 223 g/mol. The molecule has 14 heavy (non-hydrogen) atoms. The molecule has 5 nitrogen and oxygen atoms in total. The van der Waals surface area contributed by atoms with Crippen LogP contribution in [0.15, 0.2) is 0 Å². The molecule has 0 aliphatic carbocycles. The molecule has 84 valence electrons. The van der Waals surface area contributed by atoms with E-state index in [-0.39, 0.29) is 18.6 Å². The lowest BCUT2D eigenvalue weighted by Gasteiger charge is -2.17. The van der Waals surface area contributed by atoms with Crippen LogP contribution >= 0.6 is 0 Å². The largest absolute Gasteiger partial charge is 0.481 e. The number of rotatable bonds is 7. The van der Waals surface area contributed by atoms with Gasteiger partial charge >= 0.3 is 5.97 Å². The Kier molecular flexibility index (Phi) is 5.71. The van der Waals surface area contributed by atoms with Crippen LogP contribution in [-0.4, -0.2) is 42.6 Å². The molecule has 0 aromatic rings. The van der Waals surface area contributed by atoms with Gasteiger partial charge in [0.15, 0.2) is 0 Å². The van der Waals surface area contributed by atoms with Crippen molar-refractivity contribution in [1.82, 2.24) is 4.31 Å². The quantitative estimate of drug-likeness (QED) is 0.683. The first kappa shape index (κ1) is 13.4. The predicted octanol–water partition coefficient (Wildman–Crippen LogP) is 0.523. The summed E-state index contributed by atoms with van der Waals surface area (Å²) in [5.41, 5.74) is 0. The van der Waals surface area contributed by atoms with E-state index in [4.69, 9.17) is 5.11 Å². The maximum absolute atomic E-state index is 11.5. The molecule has 6 heteroatoms. The molecular formula is C8H17NO4S. The molecule has 0 bridgehead atoms. The van der Waals surface area contributed by atoms with Crippen molar-refractivity contribution in [2.45, 2.75) is 26.7 Å². The highest BCUT2D eigenvalue weighted by Crippen LogP contribution is 2.04. The van der Waals surface area contributed by atoms with Crippen molar-refractivity contribution in [2.75, 3.05) is 18.8 Å². The van der Waals surface area contributed by atoms with Gasteiger partial charge in [0, 0.05) is 19.5 Å². The normalized spacial score (nSPS) is 11.9. The van der Waals surface area contributed by atoms with Crippen LogP contribution in [0.25, 0.3) is 0 Å². The van der Waals surface area contributed by atoms with Crippen LogP contribution in [0.4, 0.5) is 0 Å². The van der Waals surface area contributed by atoms with Crippen LogP contribution in [0.2, 0.25) is 0 Å². The van der Waals surface area contributed by atoms with Crippen LogP contribution in [0.5, 0.6) is 0 Å². The van der Waals surface area contributed by atoms with Gasteiger partial charge in [0.25, 0.3) is 0 Å². The Bertz CT molecular complexity index is 269. The summed E-state index contributed by atoms with van der Waals surface area (Å²) in [6.07, 6.45) is 0.0780. The standard InChI is InChI=1S/C8H17NO4S/c1-3-9(4-2)14(12,13)7-5-6-8(10)11/h3-7H2,1-2H3,(H,10,11). The summed E-state index contributed by atoms with van der Waals surface area (Å²) in [7, 11) is -3.25. The van der Waals surface area contributed by atoms with E-state index >= 15 is 0 Å². The van der Waals surface area contributed by atoms with E-state index in [0.717, 1.165) is 0 Å². The van der Waals surface area contributed by atoms with Crippen molar-refractivity contribution in [2.24, 2.45) is 0 Å². The van der Waals surface area contributed by atoms with Gasteiger partial charge in [0.2, 0.25) is 10.0 Å². The molecule has 0 aliphatic rings. The number of nitrogens with zero attached hydrogens (tertiary/aromatic N) is 1. The van der Waals surface area contributed by atoms with Crippen LogP contribution in [0, 0.1) is 0 Å². The van der Waals surface area contributed by atoms with Crippen LogP contribution in [0.3, 0.4) is 0 Å². The molecule has 0 saturated carbocycles. The fourth-order valence-corrected chi connectivity index (χ4v) is 2.71. The van der Waals surface area contributed by atoms with Crippen molar-refractivity contribution >= 4 is 16.0 Å². The maximum Gasteiger partial charge on any atom is 0.303 e. The summed E-state index contributed by atoms with van der Waals surface area (Å²) < 4.78 is 24.4. The number of carboxylic acids is 1. The molecule has 0 radical (unpaired) electrons. The lowest BCUT2D eigenvalue weighted by atomic mass is 10.3. The second kappa shape index (κ2) is 5.98. The molecule has 0 atom stereocenters. The van der Waals surface area contributed by atoms with E-state index in [1.807, 2.05) is 0 Å². The molecule has 0 aliphatic heterocycles. The fourth-order valence-electron chi connectivity index (χ4n) is 1.15.